The number of pyridine rings is 2. The molecule has 10 heteroatoms. The van der Waals surface area contributed by atoms with Crippen LogP contribution >= 0.6 is 0 Å². The number of anilines is 1. The maximum Gasteiger partial charge on any atom is 0.407 e. The fraction of sp³-hybridized carbons (Fsp3) is 0.280. The first-order chi connectivity index (χ1) is 16.8. The summed E-state index contributed by atoms with van der Waals surface area (Å²) in [5.74, 6) is 0.129. The number of aromatic nitrogens is 2. The first-order valence-electron chi connectivity index (χ1n) is 11.1. The van der Waals surface area contributed by atoms with Crippen LogP contribution in [0.5, 0.6) is 11.6 Å². The van der Waals surface area contributed by atoms with Crippen LogP contribution in [0.4, 0.5) is 14.9 Å². The number of amides is 2. The number of halogens is 1. The number of hydrogen-bond acceptors (Lipinski definition) is 6. The summed E-state index contributed by atoms with van der Waals surface area (Å²) in [6.45, 7) is 4.25. The lowest BCUT2D eigenvalue weighted by atomic mass is 10.2. The number of benzene rings is 1. The fourth-order valence-electron chi connectivity index (χ4n) is 3.90. The molecule has 0 bridgehead atoms. The van der Waals surface area contributed by atoms with Crippen molar-refractivity contribution in [1.82, 2.24) is 19.8 Å². The summed E-state index contributed by atoms with van der Waals surface area (Å²) in [6.07, 6.45) is 2.18. The van der Waals surface area contributed by atoms with Crippen LogP contribution in [0.25, 0.3) is 0 Å². The van der Waals surface area contributed by atoms with Gasteiger partial charge in [-0.2, -0.15) is 0 Å². The van der Waals surface area contributed by atoms with Gasteiger partial charge in [0.05, 0.1) is 23.1 Å². The molecular weight excluding hydrogens is 453 g/mol. The van der Waals surface area contributed by atoms with E-state index in [1.165, 1.54) is 40.3 Å². The Kier molecular flexibility index (Phi) is 7.21. The van der Waals surface area contributed by atoms with E-state index in [0.717, 1.165) is 5.69 Å². The standard InChI is InChI=1S/C25H26FN5O4/c1-17-15-30(11-12-31(17)25(33)34)16-20-6-7-21(14-27-20)29(2)24(32)18-3-10-23(28-13-18)35-22-8-4-19(26)5-9-22/h3-10,13-14,17H,11-12,15-16H2,1-2H3,(H,33,34)/t17-/m0/s1. The first-order valence-corrected chi connectivity index (χ1v) is 11.1. The Bertz CT molecular complexity index is 1170. The second-order valence-corrected chi connectivity index (χ2v) is 8.37. The van der Waals surface area contributed by atoms with Gasteiger partial charge in [-0.3, -0.25) is 14.7 Å². The minimum atomic E-state index is -0.891. The van der Waals surface area contributed by atoms with Crippen LogP contribution in [-0.4, -0.2) is 69.6 Å². The molecule has 9 nitrogen and oxygen atoms in total. The molecule has 182 valence electrons. The highest BCUT2D eigenvalue weighted by atomic mass is 19.1. The highest BCUT2D eigenvalue weighted by Gasteiger charge is 2.27. The van der Waals surface area contributed by atoms with Crippen molar-refractivity contribution in [3.63, 3.8) is 0 Å². The van der Waals surface area contributed by atoms with E-state index < -0.39 is 6.09 Å². The van der Waals surface area contributed by atoms with Gasteiger partial charge in [-0.05, 0) is 49.4 Å². The van der Waals surface area contributed by atoms with Crippen molar-refractivity contribution in [3.8, 4) is 11.6 Å². The van der Waals surface area contributed by atoms with Gasteiger partial charge in [0.15, 0.2) is 0 Å². The molecule has 0 saturated carbocycles. The smallest absolute Gasteiger partial charge is 0.407 e. The quantitative estimate of drug-likeness (QED) is 0.573. The molecule has 2 amide bonds. The van der Waals surface area contributed by atoms with E-state index in [0.29, 0.717) is 49.1 Å². The molecule has 1 N–H and O–H groups in total. The zero-order valence-corrected chi connectivity index (χ0v) is 19.5. The predicted octanol–water partition coefficient (Wildman–Crippen LogP) is 3.87. The van der Waals surface area contributed by atoms with Gasteiger partial charge in [-0.1, -0.05) is 0 Å². The second-order valence-electron chi connectivity index (χ2n) is 8.37. The molecule has 4 rings (SSSR count). The molecule has 0 unspecified atom stereocenters. The lowest BCUT2D eigenvalue weighted by molar-refractivity contribution is 0.0706. The van der Waals surface area contributed by atoms with Crippen molar-refractivity contribution in [3.05, 3.63) is 78.0 Å². The molecule has 1 atom stereocenters. The first kappa shape index (κ1) is 24.1. The highest BCUT2D eigenvalue weighted by Crippen LogP contribution is 2.21. The molecule has 0 radical (unpaired) electrons. The van der Waals surface area contributed by atoms with Crippen LogP contribution in [-0.2, 0) is 6.54 Å². The van der Waals surface area contributed by atoms with Crippen LogP contribution < -0.4 is 9.64 Å². The average molecular weight is 480 g/mol. The van der Waals surface area contributed by atoms with Gasteiger partial charge in [0.2, 0.25) is 5.88 Å². The topological polar surface area (TPSA) is 99.1 Å². The second kappa shape index (κ2) is 10.5. The van der Waals surface area contributed by atoms with Gasteiger partial charge in [0.1, 0.15) is 11.6 Å². The van der Waals surface area contributed by atoms with E-state index >= 15 is 0 Å². The summed E-state index contributed by atoms with van der Waals surface area (Å²) in [5, 5.41) is 9.22. The molecule has 1 aromatic carbocycles. The molecule has 3 aromatic rings. The third kappa shape index (κ3) is 5.90. The largest absolute Gasteiger partial charge is 0.465 e. The Morgan fingerprint density at radius 2 is 1.86 bits per heavy atom. The number of carbonyl (C=O) groups excluding carboxylic acids is 1. The molecule has 1 aliphatic rings. The molecule has 1 saturated heterocycles. The number of rotatable bonds is 6. The number of carbonyl (C=O) groups is 2. The molecule has 35 heavy (non-hydrogen) atoms. The van der Waals surface area contributed by atoms with Crippen LogP contribution in [0.3, 0.4) is 0 Å². The van der Waals surface area contributed by atoms with Crippen molar-refractivity contribution in [2.45, 2.75) is 19.5 Å². The van der Waals surface area contributed by atoms with E-state index in [1.54, 1.807) is 25.4 Å². The van der Waals surface area contributed by atoms with Gasteiger partial charge < -0.3 is 19.6 Å². The average Bonchev–Trinajstić information content (AvgIpc) is 2.85. The summed E-state index contributed by atoms with van der Waals surface area (Å²) in [7, 11) is 1.66. The van der Waals surface area contributed by atoms with E-state index in [9.17, 15) is 19.1 Å². The number of carboxylic acid groups (broad SMARTS) is 1. The number of hydrogen-bond donors (Lipinski definition) is 1. The van der Waals surface area contributed by atoms with Crippen LogP contribution in [0, 0.1) is 5.82 Å². The number of ether oxygens (including phenoxy) is 1. The molecule has 2 aromatic heterocycles. The Morgan fingerprint density at radius 3 is 2.46 bits per heavy atom. The van der Waals surface area contributed by atoms with E-state index in [1.807, 2.05) is 19.1 Å². The Labute approximate surface area is 202 Å². The van der Waals surface area contributed by atoms with Gasteiger partial charge in [-0.15, -0.1) is 0 Å². The number of piperazine rings is 1. The Hall–Kier alpha value is -4.05. The molecule has 1 aliphatic heterocycles. The lowest BCUT2D eigenvalue weighted by Gasteiger charge is -2.38. The minimum Gasteiger partial charge on any atom is -0.465 e. The highest BCUT2D eigenvalue weighted by molar-refractivity contribution is 6.05. The molecule has 0 spiro atoms. The SMILES string of the molecule is C[C@H]1CN(Cc2ccc(N(C)C(=O)c3ccc(Oc4ccc(F)cc4)nc3)cn2)CCN1C(=O)O. The number of nitrogens with zero attached hydrogens (tertiary/aromatic N) is 5. The maximum atomic E-state index is 13.0. The van der Waals surface area contributed by atoms with E-state index in [2.05, 4.69) is 14.9 Å². The van der Waals surface area contributed by atoms with Crippen molar-refractivity contribution >= 4 is 17.7 Å². The third-order valence-electron chi connectivity index (χ3n) is 5.86. The van der Waals surface area contributed by atoms with Crippen LogP contribution in [0.15, 0.2) is 60.9 Å². The molecule has 0 aliphatic carbocycles. The van der Waals surface area contributed by atoms with Gasteiger partial charge >= 0.3 is 6.09 Å². The zero-order chi connectivity index (χ0) is 24.9. The zero-order valence-electron chi connectivity index (χ0n) is 19.5. The van der Waals surface area contributed by atoms with E-state index in [4.69, 9.17) is 4.74 Å². The summed E-state index contributed by atoms with van der Waals surface area (Å²) in [6, 6.07) is 12.4. The normalized spacial score (nSPS) is 16.1. The summed E-state index contributed by atoms with van der Waals surface area (Å²) in [4.78, 5) is 37.9. The minimum absolute atomic E-state index is 0.0784. The monoisotopic (exact) mass is 479 g/mol. The Balaban J connectivity index is 1.34. The summed E-state index contributed by atoms with van der Waals surface area (Å²) < 4.78 is 18.6. The Morgan fingerprint density at radius 1 is 1.09 bits per heavy atom. The van der Waals surface area contributed by atoms with Crippen LogP contribution in [0.1, 0.15) is 23.0 Å². The third-order valence-corrected chi connectivity index (χ3v) is 5.86. The molecule has 1 fully saturated rings. The van der Waals surface area contributed by atoms with Crippen molar-refractivity contribution in [2.75, 3.05) is 31.6 Å². The van der Waals surface area contributed by atoms with Crippen molar-refractivity contribution < 1.29 is 23.8 Å². The van der Waals surface area contributed by atoms with Gasteiger partial charge in [-0.25, -0.2) is 14.2 Å². The molecular formula is C25H26FN5O4. The van der Waals surface area contributed by atoms with Crippen LogP contribution in [0.2, 0.25) is 0 Å². The molecule has 3 heterocycles. The summed E-state index contributed by atoms with van der Waals surface area (Å²) in [5.41, 5.74) is 1.86. The maximum absolute atomic E-state index is 13.0. The summed E-state index contributed by atoms with van der Waals surface area (Å²) >= 11 is 0. The van der Waals surface area contributed by atoms with Crippen molar-refractivity contribution in [2.24, 2.45) is 0 Å². The van der Waals surface area contributed by atoms with Crippen molar-refractivity contribution in [1.29, 1.82) is 0 Å². The predicted molar refractivity (Wildman–Crippen MR) is 127 cm³/mol. The van der Waals surface area contributed by atoms with E-state index in [-0.39, 0.29) is 17.8 Å². The van der Waals surface area contributed by atoms with Gasteiger partial charge in [0, 0.05) is 51.5 Å². The lowest BCUT2D eigenvalue weighted by Crippen LogP contribution is -2.53. The van der Waals surface area contributed by atoms with Gasteiger partial charge in [0.25, 0.3) is 5.91 Å². The fourth-order valence-corrected chi connectivity index (χ4v) is 3.90.